The third kappa shape index (κ3) is 9.08. The second-order valence-corrected chi connectivity index (χ2v) is 12.4. The minimum absolute atomic E-state index is 0.0754. The SMILES string of the molecule is CSc1ccc(S(=O)(=O)N(CC(=O)N/N=C\c2ccc(OCC(=O)Nc3cccc(Cl)c3)cc2)c2ccc(C)cc2)cc1. The van der Waals surface area contributed by atoms with Gasteiger partial charge in [0.15, 0.2) is 6.61 Å². The molecule has 0 radical (unpaired) electrons. The summed E-state index contributed by atoms with van der Waals surface area (Å²) in [4.78, 5) is 26.0. The van der Waals surface area contributed by atoms with Crippen molar-refractivity contribution in [1.82, 2.24) is 5.43 Å². The van der Waals surface area contributed by atoms with Gasteiger partial charge < -0.3 is 10.1 Å². The summed E-state index contributed by atoms with van der Waals surface area (Å²) < 4.78 is 33.7. The molecule has 0 spiro atoms. The normalized spacial score (nSPS) is 11.2. The maximum absolute atomic E-state index is 13.5. The fraction of sp³-hybridized carbons (Fsp3) is 0.129. The summed E-state index contributed by atoms with van der Waals surface area (Å²) in [5, 5.41) is 7.19. The summed E-state index contributed by atoms with van der Waals surface area (Å²) in [6, 6.07) is 26.9. The number of carbonyl (C=O) groups is 2. The lowest BCUT2D eigenvalue weighted by molar-refractivity contribution is -0.119. The highest BCUT2D eigenvalue weighted by atomic mass is 35.5. The number of benzene rings is 4. The predicted molar refractivity (Wildman–Crippen MR) is 172 cm³/mol. The highest BCUT2D eigenvalue weighted by molar-refractivity contribution is 7.98. The number of hydrogen-bond acceptors (Lipinski definition) is 7. The van der Waals surface area contributed by atoms with Crippen molar-refractivity contribution in [3.8, 4) is 5.75 Å². The Bertz CT molecular complexity index is 1700. The third-order valence-corrected chi connectivity index (χ3v) is 8.78. The van der Waals surface area contributed by atoms with Gasteiger partial charge in [-0.25, -0.2) is 13.8 Å². The number of hydrogen-bond donors (Lipinski definition) is 2. The van der Waals surface area contributed by atoms with Gasteiger partial charge in [-0.2, -0.15) is 5.10 Å². The number of nitrogens with one attached hydrogen (secondary N) is 2. The first-order valence-corrected chi connectivity index (χ1v) is 16.0. The van der Waals surface area contributed by atoms with Crippen LogP contribution in [0.4, 0.5) is 11.4 Å². The van der Waals surface area contributed by atoms with Crippen molar-refractivity contribution in [2.75, 3.05) is 29.0 Å². The maximum atomic E-state index is 13.5. The van der Waals surface area contributed by atoms with E-state index in [-0.39, 0.29) is 17.4 Å². The van der Waals surface area contributed by atoms with E-state index in [1.807, 2.05) is 13.2 Å². The van der Waals surface area contributed by atoms with Crippen molar-refractivity contribution in [2.24, 2.45) is 5.10 Å². The minimum atomic E-state index is -4.04. The number of ether oxygens (including phenoxy) is 1. The Kier molecular flexibility index (Phi) is 10.8. The van der Waals surface area contributed by atoms with Gasteiger partial charge in [0.1, 0.15) is 12.3 Å². The molecular formula is C31H29ClN4O5S2. The lowest BCUT2D eigenvalue weighted by Crippen LogP contribution is -2.39. The fourth-order valence-electron chi connectivity index (χ4n) is 3.81. The van der Waals surface area contributed by atoms with Crippen LogP contribution in [0.2, 0.25) is 5.02 Å². The molecule has 0 aliphatic rings. The van der Waals surface area contributed by atoms with Gasteiger partial charge in [-0.05, 0) is 97.6 Å². The van der Waals surface area contributed by atoms with Crippen LogP contribution in [0.1, 0.15) is 11.1 Å². The number of halogens is 1. The maximum Gasteiger partial charge on any atom is 0.264 e. The smallest absolute Gasteiger partial charge is 0.264 e. The Hall–Kier alpha value is -4.32. The summed E-state index contributed by atoms with van der Waals surface area (Å²) in [7, 11) is -4.04. The number of carbonyl (C=O) groups excluding carboxylic acids is 2. The van der Waals surface area contributed by atoms with Crippen LogP contribution in [0.15, 0.2) is 112 Å². The first kappa shape index (κ1) is 31.6. The molecule has 0 aromatic heterocycles. The van der Waals surface area contributed by atoms with E-state index in [2.05, 4.69) is 15.8 Å². The van der Waals surface area contributed by atoms with E-state index >= 15 is 0 Å². The quantitative estimate of drug-likeness (QED) is 0.116. The lowest BCUT2D eigenvalue weighted by atomic mass is 10.2. The van der Waals surface area contributed by atoms with E-state index in [0.29, 0.717) is 27.7 Å². The van der Waals surface area contributed by atoms with Gasteiger partial charge >= 0.3 is 0 Å². The highest BCUT2D eigenvalue weighted by Crippen LogP contribution is 2.26. The molecule has 2 amide bonds. The standard InChI is InChI=1S/C31H29ClN4O5S2/c1-22-6-10-26(11-7-22)36(43(39,40)29-16-14-28(42-2)15-17-29)20-30(37)35-33-19-23-8-12-27(13-9-23)41-21-31(38)34-25-5-3-4-24(32)18-25/h3-19H,20-21H2,1-2H3,(H,34,38)(H,35,37)/b33-19-. The Morgan fingerprint density at radius 1 is 0.953 bits per heavy atom. The second kappa shape index (κ2) is 14.7. The molecule has 0 heterocycles. The van der Waals surface area contributed by atoms with Gasteiger partial charge in [0, 0.05) is 15.6 Å². The fourth-order valence-corrected chi connectivity index (χ4v) is 5.83. The summed E-state index contributed by atoms with van der Waals surface area (Å²) in [5.74, 6) is -0.493. The number of hydrazone groups is 1. The Morgan fingerprint density at radius 3 is 2.30 bits per heavy atom. The molecule has 4 rings (SSSR count). The molecule has 12 heteroatoms. The number of rotatable bonds is 12. The van der Waals surface area contributed by atoms with Crippen molar-refractivity contribution in [2.45, 2.75) is 16.7 Å². The molecule has 9 nitrogen and oxygen atoms in total. The van der Waals surface area contributed by atoms with Crippen molar-refractivity contribution < 1.29 is 22.7 Å². The van der Waals surface area contributed by atoms with Crippen LogP contribution in [0.3, 0.4) is 0 Å². The van der Waals surface area contributed by atoms with Gasteiger partial charge in [-0.1, -0.05) is 35.4 Å². The molecule has 2 N–H and O–H groups in total. The molecular weight excluding hydrogens is 608 g/mol. The van der Waals surface area contributed by atoms with Crippen molar-refractivity contribution >= 4 is 62.8 Å². The van der Waals surface area contributed by atoms with Crippen LogP contribution < -0.4 is 19.8 Å². The molecule has 4 aromatic carbocycles. The Morgan fingerprint density at radius 2 is 1.65 bits per heavy atom. The molecule has 0 saturated heterocycles. The first-order valence-electron chi connectivity index (χ1n) is 13.0. The van der Waals surface area contributed by atoms with Crippen molar-refractivity contribution in [1.29, 1.82) is 0 Å². The molecule has 0 saturated carbocycles. The van der Waals surface area contributed by atoms with E-state index in [9.17, 15) is 18.0 Å². The zero-order valence-corrected chi connectivity index (χ0v) is 25.7. The highest BCUT2D eigenvalue weighted by Gasteiger charge is 2.27. The van der Waals surface area contributed by atoms with E-state index < -0.39 is 22.5 Å². The molecule has 0 fully saturated rings. The molecule has 43 heavy (non-hydrogen) atoms. The molecule has 0 aliphatic carbocycles. The zero-order chi connectivity index (χ0) is 30.8. The van der Waals surface area contributed by atoms with E-state index in [1.165, 1.54) is 30.1 Å². The number of thioether (sulfide) groups is 1. The van der Waals surface area contributed by atoms with Crippen LogP contribution in [0.5, 0.6) is 5.75 Å². The van der Waals surface area contributed by atoms with Gasteiger partial charge in [0.2, 0.25) is 0 Å². The predicted octanol–water partition coefficient (Wildman–Crippen LogP) is 5.73. The second-order valence-electron chi connectivity index (χ2n) is 9.23. The third-order valence-electron chi connectivity index (χ3n) is 6.02. The first-order chi connectivity index (χ1) is 20.6. The summed E-state index contributed by atoms with van der Waals surface area (Å²) >= 11 is 7.43. The molecule has 0 aliphatic heterocycles. The molecule has 0 unspecified atom stereocenters. The van der Waals surface area contributed by atoms with E-state index in [1.54, 1.807) is 84.9 Å². The van der Waals surface area contributed by atoms with Crippen LogP contribution in [-0.4, -0.2) is 45.9 Å². The average Bonchev–Trinajstić information content (AvgIpc) is 3.00. The zero-order valence-electron chi connectivity index (χ0n) is 23.4. The lowest BCUT2D eigenvalue weighted by Gasteiger charge is -2.24. The number of sulfonamides is 1. The molecule has 0 atom stereocenters. The van der Waals surface area contributed by atoms with Gasteiger partial charge in [-0.3, -0.25) is 13.9 Å². The number of aryl methyl sites for hydroxylation is 1. The van der Waals surface area contributed by atoms with Gasteiger partial charge in [0.05, 0.1) is 16.8 Å². The summed E-state index contributed by atoms with van der Waals surface area (Å²) in [5.41, 5.74) is 4.92. The van der Waals surface area contributed by atoms with Crippen LogP contribution >= 0.6 is 23.4 Å². The monoisotopic (exact) mass is 636 g/mol. The van der Waals surface area contributed by atoms with E-state index in [4.69, 9.17) is 16.3 Å². The van der Waals surface area contributed by atoms with Crippen LogP contribution in [-0.2, 0) is 19.6 Å². The summed E-state index contributed by atoms with van der Waals surface area (Å²) in [6.07, 6.45) is 3.32. The minimum Gasteiger partial charge on any atom is -0.484 e. The summed E-state index contributed by atoms with van der Waals surface area (Å²) in [6.45, 7) is 1.22. The molecule has 222 valence electrons. The van der Waals surface area contributed by atoms with Gasteiger partial charge in [0.25, 0.3) is 21.8 Å². The topological polar surface area (TPSA) is 117 Å². The Labute approximate surface area is 260 Å². The molecule has 4 aromatic rings. The number of anilines is 2. The van der Waals surface area contributed by atoms with Crippen molar-refractivity contribution in [3.05, 3.63) is 113 Å². The van der Waals surface area contributed by atoms with Gasteiger partial charge in [-0.15, -0.1) is 11.8 Å². The van der Waals surface area contributed by atoms with Crippen LogP contribution in [0, 0.1) is 6.92 Å². The average molecular weight is 637 g/mol. The largest absolute Gasteiger partial charge is 0.484 e. The Balaban J connectivity index is 1.35. The van der Waals surface area contributed by atoms with Crippen LogP contribution in [0.25, 0.3) is 0 Å². The van der Waals surface area contributed by atoms with Crippen molar-refractivity contribution in [3.63, 3.8) is 0 Å². The van der Waals surface area contributed by atoms with E-state index in [0.717, 1.165) is 14.8 Å². The number of amides is 2. The molecule has 0 bridgehead atoms. The number of nitrogens with zero attached hydrogens (tertiary/aromatic N) is 2.